The van der Waals surface area contributed by atoms with E-state index in [0.29, 0.717) is 40.4 Å². The topological polar surface area (TPSA) is 77.2 Å². The Bertz CT molecular complexity index is 1170. The molecule has 0 aliphatic rings. The van der Waals surface area contributed by atoms with Gasteiger partial charge < -0.3 is 14.5 Å². The summed E-state index contributed by atoms with van der Waals surface area (Å²) in [6.45, 7) is 2.01. The number of aryl methyl sites for hydroxylation is 2. The summed E-state index contributed by atoms with van der Waals surface area (Å²) >= 11 is 6.10. The average Bonchev–Trinajstić information content (AvgIpc) is 3.25. The van der Waals surface area contributed by atoms with Crippen LogP contribution in [0.5, 0.6) is 11.5 Å². The fraction of sp³-hybridized carbons (Fsp3) is 0.125. The van der Waals surface area contributed by atoms with Crippen LogP contribution in [0.15, 0.2) is 77.2 Å². The van der Waals surface area contributed by atoms with Gasteiger partial charge in [0.25, 0.3) is 0 Å². The SMILES string of the molecule is Cc1ccc(-c2nnc(CCC(=O)Nc3ccc(Oc4ccccc4Cl)cc3)o2)cc1. The number of benzene rings is 3. The van der Waals surface area contributed by atoms with Crippen LogP contribution in [0.1, 0.15) is 17.9 Å². The Hall–Kier alpha value is -3.64. The van der Waals surface area contributed by atoms with Gasteiger partial charge in [-0.25, -0.2) is 0 Å². The lowest BCUT2D eigenvalue weighted by Gasteiger charge is -2.09. The summed E-state index contributed by atoms with van der Waals surface area (Å²) in [4.78, 5) is 12.3. The van der Waals surface area contributed by atoms with E-state index in [1.165, 1.54) is 0 Å². The highest BCUT2D eigenvalue weighted by Gasteiger charge is 2.11. The molecule has 0 aliphatic carbocycles. The van der Waals surface area contributed by atoms with E-state index in [0.717, 1.165) is 11.1 Å². The van der Waals surface area contributed by atoms with Crippen molar-refractivity contribution in [1.82, 2.24) is 10.2 Å². The van der Waals surface area contributed by atoms with Gasteiger partial charge in [-0.15, -0.1) is 10.2 Å². The van der Waals surface area contributed by atoms with E-state index in [-0.39, 0.29) is 12.3 Å². The number of halogens is 1. The number of anilines is 1. The average molecular weight is 434 g/mol. The van der Waals surface area contributed by atoms with Crippen molar-refractivity contribution in [3.8, 4) is 23.0 Å². The van der Waals surface area contributed by atoms with Crippen molar-refractivity contribution in [2.24, 2.45) is 0 Å². The molecule has 0 fully saturated rings. The Balaban J connectivity index is 1.29. The Morgan fingerprint density at radius 2 is 1.74 bits per heavy atom. The number of hydrogen-bond acceptors (Lipinski definition) is 5. The molecule has 1 aromatic heterocycles. The van der Waals surface area contributed by atoms with E-state index in [1.54, 1.807) is 36.4 Å². The number of carbonyl (C=O) groups excluding carboxylic acids is 1. The number of hydrogen-bond donors (Lipinski definition) is 1. The van der Waals surface area contributed by atoms with Gasteiger partial charge in [-0.1, -0.05) is 41.4 Å². The fourth-order valence-electron chi connectivity index (χ4n) is 2.87. The zero-order valence-electron chi connectivity index (χ0n) is 16.8. The molecule has 0 aliphatic heterocycles. The molecule has 4 aromatic rings. The molecule has 0 unspecified atom stereocenters. The molecular weight excluding hydrogens is 414 g/mol. The summed E-state index contributed by atoms with van der Waals surface area (Å²) in [5, 5.41) is 11.5. The number of ether oxygens (including phenoxy) is 1. The van der Waals surface area contributed by atoms with Gasteiger partial charge in [-0.3, -0.25) is 4.79 Å². The van der Waals surface area contributed by atoms with Crippen LogP contribution in [-0.2, 0) is 11.2 Å². The number of rotatable bonds is 7. The molecular formula is C24H20ClN3O3. The highest BCUT2D eigenvalue weighted by atomic mass is 35.5. The smallest absolute Gasteiger partial charge is 0.247 e. The zero-order valence-corrected chi connectivity index (χ0v) is 17.6. The third-order valence-corrected chi connectivity index (χ3v) is 4.85. The summed E-state index contributed by atoms with van der Waals surface area (Å²) < 4.78 is 11.4. The maximum atomic E-state index is 12.3. The van der Waals surface area contributed by atoms with Crippen LogP contribution in [0, 0.1) is 6.92 Å². The van der Waals surface area contributed by atoms with Crippen molar-refractivity contribution in [3.63, 3.8) is 0 Å². The molecule has 0 atom stereocenters. The van der Waals surface area contributed by atoms with Gasteiger partial charge in [0.1, 0.15) is 11.5 Å². The van der Waals surface area contributed by atoms with Crippen LogP contribution in [0.3, 0.4) is 0 Å². The fourth-order valence-corrected chi connectivity index (χ4v) is 3.05. The number of carbonyl (C=O) groups is 1. The van der Waals surface area contributed by atoms with Crippen LogP contribution in [0.25, 0.3) is 11.5 Å². The molecule has 6 nitrogen and oxygen atoms in total. The van der Waals surface area contributed by atoms with Crippen molar-refractivity contribution >= 4 is 23.2 Å². The van der Waals surface area contributed by atoms with Gasteiger partial charge in [-0.2, -0.15) is 0 Å². The molecule has 3 aromatic carbocycles. The maximum Gasteiger partial charge on any atom is 0.247 e. The number of nitrogens with one attached hydrogen (secondary N) is 1. The summed E-state index contributed by atoms with van der Waals surface area (Å²) in [6, 6.07) is 22.1. The van der Waals surface area contributed by atoms with E-state index in [9.17, 15) is 4.79 Å². The van der Waals surface area contributed by atoms with Crippen LogP contribution < -0.4 is 10.1 Å². The first-order chi connectivity index (χ1) is 15.1. The molecule has 1 heterocycles. The first-order valence-corrected chi connectivity index (χ1v) is 10.2. The van der Waals surface area contributed by atoms with E-state index in [4.69, 9.17) is 20.8 Å². The summed E-state index contributed by atoms with van der Waals surface area (Å²) in [5.74, 6) is 1.93. The van der Waals surface area contributed by atoms with Crippen molar-refractivity contribution in [2.75, 3.05) is 5.32 Å². The van der Waals surface area contributed by atoms with E-state index in [1.807, 2.05) is 43.3 Å². The minimum Gasteiger partial charge on any atom is -0.456 e. The molecule has 0 bridgehead atoms. The zero-order chi connectivity index (χ0) is 21.6. The summed E-state index contributed by atoms with van der Waals surface area (Å²) in [7, 11) is 0. The summed E-state index contributed by atoms with van der Waals surface area (Å²) in [5.41, 5.74) is 2.68. The predicted octanol–water partition coefficient (Wildman–Crippen LogP) is 6.06. The standard InChI is InChI=1S/C24H20ClN3O3/c1-16-6-8-17(9-7-16)24-28-27-23(31-24)15-14-22(29)26-18-10-12-19(13-11-18)30-21-5-3-2-4-20(21)25/h2-13H,14-15H2,1H3,(H,26,29). The highest BCUT2D eigenvalue weighted by Crippen LogP contribution is 2.29. The Morgan fingerprint density at radius 1 is 1.00 bits per heavy atom. The van der Waals surface area contributed by atoms with E-state index >= 15 is 0 Å². The van der Waals surface area contributed by atoms with Crippen LogP contribution in [0.4, 0.5) is 5.69 Å². The van der Waals surface area contributed by atoms with Crippen LogP contribution in [0.2, 0.25) is 5.02 Å². The molecule has 0 radical (unpaired) electrons. The second kappa shape index (κ2) is 9.45. The quantitative estimate of drug-likeness (QED) is 0.383. The van der Waals surface area contributed by atoms with Gasteiger partial charge in [0.05, 0.1) is 5.02 Å². The lowest BCUT2D eigenvalue weighted by molar-refractivity contribution is -0.116. The van der Waals surface area contributed by atoms with Crippen molar-refractivity contribution in [2.45, 2.75) is 19.8 Å². The second-order valence-corrected chi connectivity index (χ2v) is 7.38. The first kappa shape index (κ1) is 20.6. The molecule has 7 heteroatoms. The van der Waals surface area contributed by atoms with Gasteiger partial charge >= 0.3 is 0 Å². The molecule has 0 saturated heterocycles. The lowest BCUT2D eigenvalue weighted by atomic mass is 10.1. The largest absolute Gasteiger partial charge is 0.456 e. The summed E-state index contributed by atoms with van der Waals surface area (Å²) in [6.07, 6.45) is 0.589. The highest BCUT2D eigenvalue weighted by molar-refractivity contribution is 6.32. The predicted molar refractivity (Wildman–Crippen MR) is 119 cm³/mol. The van der Waals surface area contributed by atoms with Gasteiger partial charge in [0.2, 0.25) is 17.7 Å². The minimum absolute atomic E-state index is 0.144. The molecule has 4 rings (SSSR count). The molecule has 156 valence electrons. The lowest BCUT2D eigenvalue weighted by Crippen LogP contribution is -2.12. The molecule has 0 spiro atoms. The number of para-hydroxylation sites is 1. The Morgan fingerprint density at radius 3 is 2.48 bits per heavy atom. The van der Waals surface area contributed by atoms with Crippen molar-refractivity contribution < 1.29 is 13.9 Å². The normalized spacial score (nSPS) is 10.6. The Kier molecular flexibility index (Phi) is 6.29. The minimum atomic E-state index is -0.144. The molecule has 31 heavy (non-hydrogen) atoms. The number of aromatic nitrogens is 2. The third kappa shape index (κ3) is 5.49. The van der Waals surface area contributed by atoms with Gasteiger partial charge in [0, 0.05) is 24.1 Å². The molecule has 1 amide bonds. The van der Waals surface area contributed by atoms with Gasteiger partial charge in [-0.05, 0) is 55.5 Å². The first-order valence-electron chi connectivity index (χ1n) is 9.78. The number of nitrogens with zero attached hydrogens (tertiary/aromatic N) is 2. The Labute approximate surface area is 184 Å². The van der Waals surface area contributed by atoms with Crippen molar-refractivity contribution in [1.29, 1.82) is 0 Å². The van der Waals surface area contributed by atoms with Crippen LogP contribution in [-0.4, -0.2) is 16.1 Å². The monoisotopic (exact) mass is 433 g/mol. The van der Waals surface area contributed by atoms with Crippen molar-refractivity contribution in [3.05, 3.63) is 89.3 Å². The second-order valence-electron chi connectivity index (χ2n) is 6.97. The van der Waals surface area contributed by atoms with Crippen LogP contribution >= 0.6 is 11.6 Å². The maximum absolute atomic E-state index is 12.3. The third-order valence-electron chi connectivity index (χ3n) is 4.53. The van der Waals surface area contributed by atoms with Gasteiger partial charge in [0.15, 0.2) is 0 Å². The van der Waals surface area contributed by atoms with E-state index < -0.39 is 0 Å². The molecule has 1 N–H and O–H groups in total. The van der Waals surface area contributed by atoms with E-state index in [2.05, 4.69) is 15.5 Å². The molecule has 0 saturated carbocycles. The number of amides is 1.